The molecule has 0 spiro atoms. The first kappa shape index (κ1) is 11.3. The van der Waals surface area contributed by atoms with Gasteiger partial charge in [-0.2, -0.15) is 5.10 Å². The van der Waals surface area contributed by atoms with Crippen molar-refractivity contribution in [2.45, 2.75) is 13.3 Å². The summed E-state index contributed by atoms with van der Waals surface area (Å²) < 4.78 is 1.59. The summed E-state index contributed by atoms with van der Waals surface area (Å²) in [6.07, 6.45) is 5.97. The molecule has 15 heavy (non-hydrogen) atoms. The van der Waals surface area contributed by atoms with Gasteiger partial charge in [0.05, 0.1) is 12.2 Å². The second kappa shape index (κ2) is 4.65. The Morgan fingerprint density at radius 3 is 2.87 bits per heavy atom. The summed E-state index contributed by atoms with van der Waals surface area (Å²) in [6, 6.07) is 1.80. The smallest absolute Gasteiger partial charge is 0.272 e. The molecule has 4 heteroatoms. The van der Waals surface area contributed by atoms with Gasteiger partial charge in [-0.25, -0.2) is 0 Å². The van der Waals surface area contributed by atoms with E-state index in [-0.39, 0.29) is 5.91 Å². The minimum Gasteiger partial charge on any atom is -0.329 e. The summed E-state index contributed by atoms with van der Waals surface area (Å²) in [4.78, 5) is 13.4. The van der Waals surface area contributed by atoms with Crippen molar-refractivity contribution >= 4 is 5.91 Å². The first-order chi connectivity index (χ1) is 7.10. The molecule has 1 heterocycles. The second-order valence-corrected chi connectivity index (χ2v) is 3.36. The number of amides is 1. The van der Waals surface area contributed by atoms with E-state index in [1.807, 2.05) is 6.92 Å². The highest BCUT2D eigenvalue weighted by Crippen LogP contribution is 2.06. The van der Waals surface area contributed by atoms with Gasteiger partial charge in [0, 0.05) is 14.1 Å². The topological polar surface area (TPSA) is 38.1 Å². The van der Waals surface area contributed by atoms with E-state index >= 15 is 0 Å². The van der Waals surface area contributed by atoms with Gasteiger partial charge in [0.15, 0.2) is 0 Å². The van der Waals surface area contributed by atoms with Crippen LogP contribution < -0.4 is 0 Å². The molecule has 0 N–H and O–H groups in total. The Balaban J connectivity index is 2.91. The molecule has 0 fully saturated rings. The molecule has 0 radical (unpaired) electrons. The Morgan fingerprint density at radius 2 is 2.40 bits per heavy atom. The number of aryl methyl sites for hydroxylation is 2. The summed E-state index contributed by atoms with van der Waals surface area (Å²) in [5.41, 5.74) is 1.49. The molecule has 0 unspecified atom stereocenters. The Labute approximate surface area is 89.9 Å². The third-order valence-electron chi connectivity index (χ3n) is 2.19. The first-order valence-electron chi connectivity index (χ1n) is 4.82. The molecule has 0 aliphatic rings. The van der Waals surface area contributed by atoms with Crippen molar-refractivity contribution in [2.24, 2.45) is 7.05 Å². The second-order valence-electron chi connectivity index (χ2n) is 3.36. The number of aromatic nitrogens is 2. The van der Waals surface area contributed by atoms with Crippen LogP contribution in [-0.2, 0) is 13.5 Å². The lowest BCUT2D eigenvalue weighted by Gasteiger charge is -2.13. The SMILES string of the molecule is C#CCN(C)C(=O)c1cc(CC)nn1C. The molecule has 0 aromatic carbocycles. The van der Waals surface area contributed by atoms with Gasteiger partial charge in [0.25, 0.3) is 5.91 Å². The van der Waals surface area contributed by atoms with Gasteiger partial charge in [-0.05, 0) is 12.5 Å². The normalized spacial score (nSPS) is 9.73. The average Bonchev–Trinajstić information content (AvgIpc) is 2.59. The van der Waals surface area contributed by atoms with Gasteiger partial charge < -0.3 is 4.90 Å². The van der Waals surface area contributed by atoms with Crippen LogP contribution in [0.2, 0.25) is 0 Å². The van der Waals surface area contributed by atoms with E-state index in [1.165, 1.54) is 4.90 Å². The van der Waals surface area contributed by atoms with Crippen LogP contribution >= 0.6 is 0 Å². The van der Waals surface area contributed by atoms with E-state index in [9.17, 15) is 4.79 Å². The fourth-order valence-electron chi connectivity index (χ4n) is 1.30. The highest BCUT2D eigenvalue weighted by atomic mass is 16.2. The molecule has 0 aliphatic carbocycles. The van der Waals surface area contributed by atoms with E-state index < -0.39 is 0 Å². The molecular weight excluding hydrogens is 190 g/mol. The van der Waals surface area contributed by atoms with Gasteiger partial charge in [0.2, 0.25) is 0 Å². The molecular formula is C11H15N3O. The third kappa shape index (κ3) is 2.38. The van der Waals surface area contributed by atoms with E-state index in [1.54, 1.807) is 24.8 Å². The standard InChI is InChI=1S/C11H15N3O/c1-5-7-13(3)11(15)10-8-9(6-2)12-14(10)4/h1,8H,6-7H2,2-4H3. The minimum atomic E-state index is -0.0948. The highest BCUT2D eigenvalue weighted by Gasteiger charge is 2.15. The van der Waals surface area contributed by atoms with E-state index in [0.717, 1.165) is 12.1 Å². The van der Waals surface area contributed by atoms with Gasteiger partial charge in [-0.1, -0.05) is 12.8 Å². The lowest BCUT2D eigenvalue weighted by atomic mass is 10.3. The Kier molecular flexibility index (Phi) is 3.51. The summed E-state index contributed by atoms with van der Waals surface area (Å²) in [5, 5.41) is 4.21. The van der Waals surface area contributed by atoms with Crippen LogP contribution in [0, 0.1) is 12.3 Å². The quantitative estimate of drug-likeness (QED) is 0.681. The molecule has 1 rings (SSSR count). The summed E-state index contributed by atoms with van der Waals surface area (Å²) in [7, 11) is 3.44. The van der Waals surface area contributed by atoms with Crippen molar-refractivity contribution in [3.63, 3.8) is 0 Å². The Morgan fingerprint density at radius 1 is 1.73 bits per heavy atom. The van der Waals surface area contributed by atoms with Gasteiger partial charge in [0.1, 0.15) is 5.69 Å². The molecule has 1 amide bonds. The third-order valence-corrected chi connectivity index (χ3v) is 2.19. The van der Waals surface area contributed by atoms with Crippen molar-refractivity contribution in [1.29, 1.82) is 0 Å². The van der Waals surface area contributed by atoms with Crippen LogP contribution in [0.15, 0.2) is 6.07 Å². The molecule has 1 aromatic heterocycles. The Hall–Kier alpha value is -1.76. The maximum absolute atomic E-state index is 11.9. The molecule has 0 bridgehead atoms. The molecule has 80 valence electrons. The van der Waals surface area contributed by atoms with Crippen LogP contribution in [0.4, 0.5) is 0 Å². The summed E-state index contributed by atoms with van der Waals surface area (Å²) >= 11 is 0. The van der Waals surface area contributed by atoms with Crippen LogP contribution in [-0.4, -0.2) is 34.2 Å². The van der Waals surface area contributed by atoms with E-state index in [4.69, 9.17) is 6.42 Å². The fraction of sp³-hybridized carbons (Fsp3) is 0.455. The lowest BCUT2D eigenvalue weighted by Crippen LogP contribution is -2.28. The van der Waals surface area contributed by atoms with Crippen molar-refractivity contribution < 1.29 is 4.79 Å². The number of terminal acetylenes is 1. The molecule has 0 atom stereocenters. The largest absolute Gasteiger partial charge is 0.329 e. The predicted molar refractivity (Wildman–Crippen MR) is 58.4 cm³/mol. The van der Waals surface area contributed by atoms with E-state index in [2.05, 4.69) is 11.0 Å². The minimum absolute atomic E-state index is 0.0948. The highest BCUT2D eigenvalue weighted by molar-refractivity contribution is 5.92. The van der Waals surface area contributed by atoms with Crippen molar-refractivity contribution in [3.8, 4) is 12.3 Å². The van der Waals surface area contributed by atoms with Crippen LogP contribution in [0.25, 0.3) is 0 Å². The van der Waals surface area contributed by atoms with Gasteiger partial charge >= 0.3 is 0 Å². The van der Waals surface area contributed by atoms with Crippen LogP contribution in [0.3, 0.4) is 0 Å². The van der Waals surface area contributed by atoms with Crippen molar-refractivity contribution in [2.75, 3.05) is 13.6 Å². The number of hydrogen-bond acceptors (Lipinski definition) is 2. The number of rotatable bonds is 3. The van der Waals surface area contributed by atoms with E-state index in [0.29, 0.717) is 12.2 Å². The number of carbonyl (C=O) groups excluding carboxylic acids is 1. The first-order valence-corrected chi connectivity index (χ1v) is 4.82. The number of carbonyl (C=O) groups is 1. The maximum Gasteiger partial charge on any atom is 0.272 e. The van der Waals surface area contributed by atoms with Gasteiger partial charge in [-0.3, -0.25) is 9.48 Å². The zero-order chi connectivity index (χ0) is 11.4. The van der Waals surface area contributed by atoms with Crippen LogP contribution in [0.1, 0.15) is 23.1 Å². The van der Waals surface area contributed by atoms with Gasteiger partial charge in [-0.15, -0.1) is 6.42 Å². The number of nitrogens with zero attached hydrogens (tertiary/aromatic N) is 3. The summed E-state index contributed by atoms with van der Waals surface area (Å²) in [5.74, 6) is 2.34. The molecule has 4 nitrogen and oxygen atoms in total. The monoisotopic (exact) mass is 205 g/mol. The Bertz CT molecular complexity index is 400. The average molecular weight is 205 g/mol. The predicted octanol–water partition coefficient (Wildman–Crippen LogP) is 0.688. The summed E-state index contributed by atoms with van der Waals surface area (Å²) in [6.45, 7) is 2.31. The van der Waals surface area contributed by atoms with Crippen molar-refractivity contribution in [1.82, 2.24) is 14.7 Å². The molecule has 0 saturated carbocycles. The van der Waals surface area contributed by atoms with Crippen LogP contribution in [0.5, 0.6) is 0 Å². The lowest BCUT2D eigenvalue weighted by molar-refractivity contribution is 0.0802. The zero-order valence-corrected chi connectivity index (χ0v) is 9.32. The zero-order valence-electron chi connectivity index (χ0n) is 9.32. The number of hydrogen-bond donors (Lipinski definition) is 0. The van der Waals surface area contributed by atoms with Crippen molar-refractivity contribution in [3.05, 3.63) is 17.5 Å². The molecule has 0 saturated heterocycles. The molecule has 1 aromatic rings. The fourth-order valence-corrected chi connectivity index (χ4v) is 1.30. The molecule has 0 aliphatic heterocycles. The maximum atomic E-state index is 11.9.